The molecule has 35 heavy (non-hydrogen) atoms. The van der Waals surface area contributed by atoms with Crippen molar-refractivity contribution in [1.82, 2.24) is 10.2 Å². The lowest BCUT2D eigenvalue weighted by molar-refractivity contribution is -0.114. The molecule has 1 aromatic carbocycles. The zero-order chi connectivity index (χ0) is 24.0. The second-order valence-corrected chi connectivity index (χ2v) is 12.3. The molecule has 188 valence electrons. The van der Waals surface area contributed by atoms with Crippen molar-refractivity contribution < 1.29 is 14.3 Å². The van der Waals surface area contributed by atoms with Gasteiger partial charge in [-0.1, -0.05) is 19.1 Å². The van der Waals surface area contributed by atoms with Crippen molar-refractivity contribution in [3.8, 4) is 5.75 Å². The Morgan fingerprint density at radius 2 is 2.14 bits per heavy atom. The molecule has 3 aliphatic heterocycles. The van der Waals surface area contributed by atoms with E-state index in [2.05, 4.69) is 36.2 Å². The number of benzene rings is 1. The molecule has 0 radical (unpaired) electrons. The SMILES string of the molecule is CCc1cc2c(s1)CCO[C@@]21CCN(C[C@H]2C[C@@H](NC(=O)c3cccc4c3OCCC4)C2)[C@@H](C)C1. The molecule has 1 amide bonds. The van der Waals surface area contributed by atoms with E-state index in [4.69, 9.17) is 9.47 Å². The Morgan fingerprint density at radius 1 is 1.26 bits per heavy atom. The molecule has 2 fully saturated rings. The van der Waals surface area contributed by atoms with Gasteiger partial charge in [0.15, 0.2) is 0 Å². The minimum atomic E-state index is -0.0690. The summed E-state index contributed by atoms with van der Waals surface area (Å²) < 4.78 is 12.4. The number of aryl methyl sites for hydroxylation is 2. The van der Waals surface area contributed by atoms with Crippen LogP contribution in [0.5, 0.6) is 5.75 Å². The van der Waals surface area contributed by atoms with Crippen LogP contribution in [0.3, 0.4) is 0 Å². The summed E-state index contributed by atoms with van der Waals surface area (Å²) in [6, 6.07) is 9.19. The number of likely N-dealkylation sites (tertiary alicyclic amines) is 1. The van der Waals surface area contributed by atoms with Crippen molar-refractivity contribution in [2.75, 3.05) is 26.3 Å². The predicted octanol–water partition coefficient (Wildman–Crippen LogP) is 5.10. The summed E-state index contributed by atoms with van der Waals surface area (Å²) in [5, 5.41) is 3.27. The van der Waals surface area contributed by atoms with Crippen molar-refractivity contribution >= 4 is 17.2 Å². The average Bonchev–Trinajstić information content (AvgIpc) is 3.29. The summed E-state index contributed by atoms with van der Waals surface area (Å²) in [5.74, 6) is 1.48. The number of ether oxygens (including phenoxy) is 2. The summed E-state index contributed by atoms with van der Waals surface area (Å²) in [5.41, 5.74) is 3.29. The van der Waals surface area contributed by atoms with Gasteiger partial charge in [0.25, 0.3) is 5.91 Å². The number of carbonyl (C=O) groups is 1. The van der Waals surface area contributed by atoms with Crippen LogP contribution >= 0.6 is 11.3 Å². The van der Waals surface area contributed by atoms with Crippen molar-refractivity contribution in [1.29, 1.82) is 0 Å². The molecule has 1 N–H and O–H groups in total. The molecule has 1 spiro atoms. The van der Waals surface area contributed by atoms with Gasteiger partial charge in [-0.3, -0.25) is 4.79 Å². The first-order valence-electron chi connectivity index (χ1n) is 13.6. The fourth-order valence-corrected chi connectivity index (χ4v) is 7.89. The van der Waals surface area contributed by atoms with E-state index in [-0.39, 0.29) is 17.6 Å². The summed E-state index contributed by atoms with van der Waals surface area (Å²) in [4.78, 5) is 18.7. The highest BCUT2D eigenvalue weighted by atomic mass is 32.1. The van der Waals surface area contributed by atoms with Crippen molar-refractivity contribution in [2.24, 2.45) is 5.92 Å². The maximum Gasteiger partial charge on any atom is 0.255 e. The average molecular weight is 495 g/mol. The summed E-state index contributed by atoms with van der Waals surface area (Å²) in [7, 11) is 0. The maximum absolute atomic E-state index is 12.9. The highest BCUT2D eigenvalue weighted by Crippen LogP contribution is 2.46. The van der Waals surface area contributed by atoms with Gasteiger partial charge in [0.2, 0.25) is 0 Å². The van der Waals surface area contributed by atoms with Crippen molar-refractivity contribution in [3.63, 3.8) is 0 Å². The number of para-hydroxylation sites is 1. The number of carbonyl (C=O) groups excluding carboxylic acids is 1. The Bertz CT molecular complexity index is 1090. The molecule has 4 heterocycles. The number of hydrogen-bond donors (Lipinski definition) is 1. The van der Waals surface area contributed by atoms with Crippen LogP contribution in [0.1, 0.15) is 77.2 Å². The van der Waals surface area contributed by atoms with Gasteiger partial charge in [0.1, 0.15) is 5.75 Å². The number of nitrogens with zero attached hydrogens (tertiary/aromatic N) is 1. The van der Waals surface area contributed by atoms with Gasteiger partial charge in [0.05, 0.1) is 24.4 Å². The minimum absolute atomic E-state index is 0.0212. The van der Waals surface area contributed by atoms with Crippen molar-refractivity contribution in [3.05, 3.63) is 50.7 Å². The molecular formula is C29H38N2O3S. The molecule has 1 saturated carbocycles. The third-order valence-electron chi connectivity index (χ3n) is 8.70. The van der Waals surface area contributed by atoms with E-state index in [0.717, 1.165) is 82.4 Å². The summed E-state index contributed by atoms with van der Waals surface area (Å²) >= 11 is 2.00. The number of thiophene rings is 1. The second-order valence-electron chi connectivity index (χ2n) is 11.0. The van der Waals surface area contributed by atoms with Gasteiger partial charge in [-0.25, -0.2) is 0 Å². The molecule has 2 aromatic rings. The topological polar surface area (TPSA) is 50.8 Å². The van der Waals surface area contributed by atoms with Crippen LogP contribution in [0.15, 0.2) is 24.3 Å². The molecule has 5 nitrogen and oxygen atoms in total. The number of piperidine rings is 1. The number of amides is 1. The maximum atomic E-state index is 12.9. The van der Waals surface area contributed by atoms with Gasteiger partial charge in [-0.15, -0.1) is 11.3 Å². The van der Waals surface area contributed by atoms with Crippen LogP contribution in [-0.2, 0) is 29.6 Å². The predicted molar refractivity (Wildman–Crippen MR) is 140 cm³/mol. The molecule has 4 aliphatic rings. The molecule has 1 aliphatic carbocycles. The Morgan fingerprint density at radius 3 is 2.97 bits per heavy atom. The van der Waals surface area contributed by atoms with E-state index in [0.29, 0.717) is 24.1 Å². The van der Waals surface area contributed by atoms with E-state index in [9.17, 15) is 4.79 Å². The van der Waals surface area contributed by atoms with Crippen LogP contribution in [0.25, 0.3) is 0 Å². The molecule has 1 saturated heterocycles. The fraction of sp³-hybridized carbons (Fsp3) is 0.621. The molecule has 0 bridgehead atoms. The van der Waals surface area contributed by atoms with E-state index in [1.807, 2.05) is 23.5 Å². The Balaban J connectivity index is 1.02. The van der Waals surface area contributed by atoms with Crippen LogP contribution in [0, 0.1) is 5.92 Å². The quantitative estimate of drug-likeness (QED) is 0.629. The zero-order valence-corrected chi connectivity index (χ0v) is 21.9. The van der Waals surface area contributed by atoms with Gasteiger partial charge < -0.3 is 19.7 Å². The monoisotopic (exact) mass is 494 g/mol. The first-order valence-corrected chi connectivity index (χ1v) is 14.4. The van der Waals surface area contributed by atoms with Gasteiger partial charge >= 0.3 is 0 Å². The lowest BCUT2D eigenvalue weighted by Crippen LogP contribution is -2.54. The normalized spacial score (nSPS) is 30.2. The number of hydrogen-bond acceptors (Lipinski definition) is 5. The first-order chi connectivity index (χ1) is 17.0. The molecule has 1 aromatic heterocycles. The lowest BCUT2D eigenvalue weighted by atomic mass is 9.76. The summed E-state index contributed by atoms with van der Waals surface area (Å²) in [6.07, 6.45) is 8.54. The Labute approximate surface area is 213 Å². The third kappa shape index (κ3) is 4.42. The molecule has 0 unspecified atom stereocenters. The third-order valence-corrected chi connectivity index (χ3v) is 10.0. The molecular weight excluding hydrogens is 456 g/mol. The highest BCUT2D eigenvalue weighted by molar-refractivity contribution is 7.12. The van der Waals surface area contributed by atoms with Crippen LogP contribution in [-0.4, -0.2) is 49.2 Å². The number of fused-ring (bicyclic) bond motifs is 3. The Hall–Kier alpha value is -1.89. The smallest absolute Gasteiger partial charge is 0.255 e. The Kier molecular flexibility index (Phi) is 6.40. The lowest BCUT2D eigenvalue weighted by Gasteiger charge is -2.49. The van der Waals surface area contributed by atoms with Gasteiger partial charge in [-0.2, -0.15) is 0 Å². The number of rotatable bonds is 5. The van der Waals surface area contributed by atoms with Crippen LogP contribution < -0.4 is 10.1 Å². The fourth-order valence-electron chi connectivity index (χ4n) is 6.71. The number of nitrogens with one attached hydrogen (secondary N) is 1. The van der Waals surface area contributed by atoms with E-state index in [1.54, 1.807) is 4.88 Å². The molecule has 6 rings (SSSR count). The van der Waals surface area contributed by atoms with E-state index in [1.165, 1.54) is 10.4 Å². The minimum Gasteiger partial charge on any atom is -0.492 e. The van der Waals surface area contributed by atoms with Crippen molar-refractivity contribution in [2.45, 2.75) is 82.9 Å². The molecule has 6 heteroatoms. The highest BCUT2D eigenvalue weighted by Gasteiger charge is 2.45. The standard InChI is InChI=1S/C29H38N2O3S/c1-3-23-16-25-26(35-23)9-13-34-29(25)10-11-31(19(2)17-29)18-20-14-22(15-20)30-28(32)24-8-4-6-21-7-5-12-33-27(21)24/h4,6,8,16,19-20,22H,3,5,7,9-15,17-18H2,1-2H3,(H,30,32)/t19-,20-,22+,29+/m0/s1. The van der Waals surface area contributed by atoms with Gasteiger partial charge in [0, 0.05) is 41.3 Å². The summed E-state index contributed by atoms with van der Waals surface area (Å²) in [6.45, 7) is 8.43. The van der Waals surface area contributed by atoms with E-state index >= 15 is 0 Å². The van der Waals surface area contributed by atoms with Crippen LogP contribution in [0.2, 0.25) is 0 Å². The second kappa shape index (κ2) is 9.53. The first kappa shape index (κ1) is 23.5. The largest absolute Gasteiger partial charge is 0.492 e. The van der Waals surface area contributed by atoms with Gasteiger partial charge in [-0.05, 0) is 81.0 Å². The zero-order valence-electron chi connectivity index (χ0n) is 21.1. The van der Waals surface area contributed by atoms with Crippen LogP contribution in [0.4, 0.5) is 0 Å². The van der Waals surface area contributed by atoms with E-state index < -0.39 is 0 Å². The molecule has 2 atom stereocenters.